The Labute approximate surface area is 389 Å². The highest BCUT2D eigenvalue weighted by Gasteiger charge is 2.51. The molecule has 0 spiro atoms. The monoisotopic (exact) mass is 944 g/mol. The summed E-state index contributed by atoms with van der Waals surface area (Å²) in [5.74, 6) is -3.61. The number of likely N-dealkylation sites (N-methyl/N-ethyl adjacent to an activating group) is 1. The maximum atomic E-state index is 14.4. The highest BCUT2D eigenvalue weighted by Crippen LogP contribution is 2.36. The number of amides is 7. The Bertz CT molecular complexity index is 2350. The topological polar surface area (TPSA) is 330 Å². The van der Waals surface area contributed by atoms with Crippen LogP contribution >= 0.6 is 23.5 Å². The number of hydrogen-bond donors (Lipinski definition) is 11. The normalized spacial score (nSPS) is 19.1. The van der Waals surface area contributed by atoms with Gasteiger partial charge < -0.3 is 63.9 Å². The highest BCUT2D eigenvalue weighted by atomic mass is 32.2. The van der Waals surface area contributed by atoms with E-state index in [9.17, 15) is 33.6 Å². The Hall–Kier alpha value is -6.43. The zero-order valence-corrected chi connectivity index (χ0v) is 37.9. The van der Waals surface area contributed by atoms with E-state index in [1.54, 1.807) is 6.20 Å². The molecule has 2 bridgehead atoms. The molecule has 21 nitrogen and oxygen atoms in total. The van der Waals surface area contributed by atoms with E-state index in [0.717, 1.165) is 38.7 Å². The van der Waals surface area contributed by atoms with Gasteiger partial charge in [0.25, 0.3) is 5.91 Å². The summed E-state index contributed by atoms with van der Waals surface area (Å²) in [6.45, 7) is 0.669. The number of guanidine groups is 1. The van der Waals surface area contributed by atoms with E-state index in [0.29, 0.717) is 37.8 Å². The van der Waals surface area contributed by atoms with E-state index < -0.39 is 76.4 Å². The van der Waals surface area contributed by atoms with Crippen LogP contribution in [0.2, 0.25) is 0 Å². The van der Waals surface area contributed by atoms with Crippen LogP contribution in [0.25, 0.3) is 10.9 Å². The van der Waals surface area contributed by atoms with Crippen LogP contribution in [0.5, 0.6) is 0 Å². The maximum Gasteiger partial charge on any atom is 0.325 e. The lowest BCUT2D eigenvalue weighted by atomic mass is 10.0. The molecule has 4 aromatic rings. The van der Waals surface area contributed by atoms with Crippen molar-refractivity contribution in [1.29, 1.82) is 0 Å². The number of aliphatic imine (C=N–C) groups is 1. The quantitative estimate of drug-likeness (QED) is 0.0122. The molecule has 1 unspecified atom stereocenters. The van der Waals surface area contributed by atoms with Crippen molar-refractivity contribution in [2.45, 2.75) is 79.0 Å². The van der Waals surface area contributed by atoms with Gasteiger partial charge in [0.15, 0.2) is 5.96 Å². The molecule has 4 heterocycles. The minimum atomic E-state index is -1.41. The summed E-state index contributed by atoms with van der Waals surface area (Å²) in [5, 5.41) is 18.4. The van der Waals surface area contributed by atoms with E-state index in [1.165, 1.54) is 24.3 Å². The maximum absolute atomic E-state index is 14.4. The minimum absolute atomic E-state index is 0.0266. The predicted octanol–water partition coefficient (Wildman–Crippen LogP) is -1.25. The van der Waals surface area contributed by atoms with E-state index in [1.807, 2.05) is 61.6 Å². The lowest BCUT2D eigenvalue weighted by Gasteiger charge is -2.31. The Kier molecular flexibility index (Phi) is 17.6. The Balaban J connectivity index is 1.20. The average Bonchev–Trinajstić information content (AvgIpc) is 4.02. The fourth-order valence-corrected chi connectivity index (χ4v) is 10.6. The molecular formula is C43H56N14O7S2. The predicted molar refractivity (Wildman–Crippen MR) is 252 cm³/mol. The van der Waals surface area contributed by atoms with Gasteiger partial charge in [-0.2, -0.15) is 0 Å². The molecule has 23 heteroatoms. The van der Waals surface area contributed by atoms with Crippen molar-refractivity contribution < 1.29 is 33.6 Å². The summed E-state index contributed by atoms with van der Waals surface area (Å²) in [4.78, 5) is 109. The molecule has 14 N–H and O–H groups in total. The number of nitrogens with two attached hydrogens (primary N) is 3. The molecule has 352 valence electrons. The molecule has 0 aliphatic carbocycles. The average molecular weight is 945 g/mol. The van der Waals surface area contributed by atoms with Crippen LogP contribution < -0.4 is 49.1 Å². The molecule has 0 radical (unpaired) electrons. The van der Waals surface area contributed by atoms with Gasteiger partial charge in [-0.25, -0.2) is 14.7 Å². The summed E-state index contributed by atoms with van der Waals surface area (Å²) in [5.41, 5.74) is 20.2. The molecule has 0 saturated carbocycles. The largest absolute Gasteiger partial charge is 0.370 e. The van der Waals surface area contributed by atoms with Crippen molar-refractivity contribution >= 4 is 82.2 Å². The third-order valence-electron chi connectivity index (χ3n) is 11.2. The number of carbonyl (C=O) groups is 7. The number of para-hydroxylation sites is 1. The van der Waals surface area contributed by atoms with Gasteiger partial charge in [-0.05, 0) is 43.5 Å². The van der Waals surface area contributed by atoms with Gasteiger partial charge in [-0.3, -0.25) is 29.0 Å². The summed E-state index contributed by atoms with van der Waals surface area (Å²) in [6.07, 6.45) is 6.76. The number of carbonyl (C=O) groups excluding carboxylic acids is 7. The summed E-state index contributed by atoms with van der Waals surface area (Å²) >= 11 is 2.25. The number of benzene rings is 2. The molecule has 2 aromatic carbocycles. The van der Waals surface area contributed by atoms with Crippen LogP contribution in [-0.4, -0.2) is 146 Å². The second-order valence-corrected chi connectivity index (χ2v) is 18.5. The number of aromatic amines is 2. The fourth-order valence-electron chi connectivity index (χ4n) is 7.69. The number of fused-ring (bicyclic) bond motifs is 3. The van der Waals surface area contributed by atoms with Gasteiger partial charge in [0.05, 0.1) is 23.0 Å². The SMILES string of the molecule is CN[C@@H](CN[C@@H](CCCN=C(N)N)C(=O)N[C@@H](Cc1c[nH]c2ccccc12)C(=O)N[C@@H](CSC1SC[C@@H]2NC(=O)N(C2=O)[C@H]1C(=O)N[C@H](C=O)Cc1cnc[nH]1)C(N)=O)Cc1ccccc1. The van der Waals surface area contributed by atoms with Gasteiger partial charge in [0, 0.05) is 72.5 Å². The molecule has 6 rings (SSSR count). The van der Waals surface area contributed by atoms with Crippen LogP contribution in [0.3, 0.4) is 0 Å². The number of H-pyrrole nitrogens is 2. The molecular weight excluding hydrogens is 889 g/mol. The zero-order chi connectivity index (χ0) is 47.2. The molecule has 2 fully saturated rings. The van der Waals surface area contributed by atoms with E-state index in [4.69, 9.17) is 17.2 Å². The van der Waals surface area contributed by atoms with Crippen molar-refractivity contribution in [3.8, 4) is 0 Å². The van der Waals surface area contributed by atoms with Crippen LogP contribution in [0.15, 0.2) is 78.3 Å². The standard InChI is InChI=1S/C43H56N14O7S2/c1-47-26(14-24-8-3-2-4-9-24)19-51-31(12-7-13-49-42(45)46)37(60)54-32(15-25-17-50-30-11-6-5-10-29(25)30)38(61)55-33(36(44)59)21-65-41-35(57-40(63)34(22-66-41)56-43(57)64)39(62)53-28(20-58)16-27-18-48-23-52-27/h2-6,8-11,17-18,20,23,26,28,31-35,41,47,50-51H,7,12-16,19,21-22H2,1H3,(H2,44,59)(H,48,52)(H,53,62)(H,54,60)(H,55,61)(H,56,64)(H4,45,46,49)/t26-,28+,31+,32+,33+,34+,35+,41?/m1/s1. The number of imidazole rings is 1. The molecule has 2 saturated heterocycles. The van der Waals surface area contributed by atoms with Gasteiger partial charge in [0.2, 0.25) is 23.6 Å². The number of nitrogens with zero attached hydrogens (tertiary/aromatic N) is 3. The number of thioether (sulfide) groups is 2. The first-order chi connectivity index (χ1) is 31.8. The third-order valence-corrected chi connectivity index (χ3v) is 14.2. The third kappa shape index (κ3) is 13.1. The van der Waals surface area contributed by atoms with E-state index >= 15 is 0 Å². The summed E-state index contributed by atoms with van der Waals surface area (Å²) in [7, 11) is 1.84. The van der Waals surface area contributed by atoms with Crippen molar-refractivity contribution in [2.75, 3.05) is 31.6 Å². The first-order valence-electron chi connectivity index (χ1n) is 21.4. The van der Waals surface area contributed by atoms with Crippen LogP contribution in [0.1, 0.15) is 29.7 Å². The zero-order valence-electron chi connectivity index (χ0n) is 36.2. The summed E-state index contributed by atoms with van der Waals surface area (Å²) in [6, 6.07) is 9.92. The molecule has 2 aliphatic heterocycles. The second kappa shape index (κ2) is 23.7. The van der Waals surface area contributed by atoms with Gasteiger partial charge in [-0.15, -0.1) is 23.5 Å². The highest BCUT2D eigenvalue weighted by molar-refractivity contribution is 8.17. The lowest BCUT2D eigenvalue weighted by Crippen LogP contribution is -2.58. The summed E-state index contributed by atoms with van der Waals surface area (Å²) < 4.78 is -0.848. The second-order valence-electron chi connectivity index (χ2n) is 15.9. The first kappa shape index (κ1) is 49.0. The molecule has 66 heavy (non-hydrogen) atoms. The van der Waals surface area contributed by atoms with Gasteiger partial charge in [0.1, 0.15) is 30.5 Å². The number of aromatic nitrogens is 3. The Morgan fingerprint density at radius 3 is 2.41 bits per heavy atom. The van der Waals surface area contributed by atoms with Crippen LogP contribution in [-0.2, 0) is 48.0 Å². The molecule has 2 aliphatic rings. The lowest BCUT2D eigenvalue weighted by molar-refractivity contribution is -0.135. The van der Waals surface area contributed by atoms with Crippen molar-refractivity contribution in [3.05, 3.63) is 90.1 Å². The molecule has 7 amide bonds. The number of nitrogens with one attached hydrogen (secondary N) is 8. The fraction of sp³-hybridized carbons (Fsp3) is 0.419. The van der Waals surface area contributed by atoms with Crippen LogP contribution in [0, 0.1) is 0 Å². The first-order valence-corrected chi connectivity index (χ1v) is 23.5. The molecule has 2 aromatic heterocycles. The number of aldehydes is 1. The van der Waals surface area contributed by atoms with Crippen molar-refractivity contribution in [1.82, 2.24) is 51.8 Å². The minimum Gasteiger partial charge on any atom is -0.370 e. The van der Waals surface area contributed by atoms with E-state index in [2.05, 4.69) is 51.8 Å². The Morgan fingerprint density at radius 2 is 1.70 bits per heavy atom. The number of hydrogen-bond acceptors (Lipinski definition) is 13. The number of rotatable bonds is 25. The molecule has 8 atom stereocenters. The smallest absolute Gasteiger partial charge is 0.325 e. The number of primary amides is 1. The number of urea groups is 1. The van der Waals surface area contributed by atoms with Crippen LogP contribution in [0.4, 0.5) is 4.79 Å². The van der Waals surface area contributed by atoms with Gasteiger partial charge >= 0.3 is 6.03 Å². The Morgan fingerprint density at radius 1 is 0.955 bits per heavy atom. The van der Waals surface area contributed by atoms with Crippen molar-refractivity contribution in [3.63, 3.8) is 0 Å². The number of imide groups is 1. The van der Waals surface area contributed by atoms with Crippen molar-refractivity contribution in [2.24, 2.45) is 22.2 Å². The van der Waals surface area contributed by atoms with Gasteiger partial charge in [-0.1, -0.05) is 48.5 Å². The van der Waals surface area contributed by atoms with E-state index in [-0.39, 0.29) is 42.9 Å².